The van der Waals surface area contributed by atoms with Crippen LogP contribution in [0, 0.1) is 0 Å². The van der Waals surface area contributed by atoms with Gasteiger partial charge >= 0.3 is 0 Å². The van der Waals surface area contributed by atoms with Crippen molar-refractivity contribution >= 4 is 17.4 Å². The molecule has 0 spiro atoms. The molecule has 0 N–H and O–H groups in total. The first kappa shape index (κ1) is 19.2. The Morgan fingerprint density at radius 2 is 1.90 bits per heavy atom. The van der Waals surface area contributed by atoms with E-state index < -0.39 is 0 Å². The van der Waals surface area contributed by atoms with Crippen LogP contribution in [0.25, 0.3) is 5.69 Å². The topological polar surface area (TPSA) is 63.0 Å². The third-order valence-corrected chi connectivity index (χ3v) is 7.45. The van der Waals surface area contributed by atoms with E-state index in [2.05, 4.69) is 48.5 Å². The van der Waals surface area contributed by atoms with Crippen LogP contribution in [-0.4, -0.2) is 48.3 Å². The number of aromatic nitrogens is 5. The van der Waals surface area contributed by atoms with Crippen molar-refractivity contribution in [2.24, 2.45) is 0 Å². The quantitative estimate of drug-likeness (QED) is 0.620. The molecule has 0 atom stereocenters. The molecule has 0 radical (unpaired) electrons. The van der Waals surface area contributed by atoms with Crippen molar-refractivity contribution < 1.29 is 0 Å². The van der Waals surface area contributed by atoms with Gasteiger partial charge in [-0.1, -0.05) is 11.6 Å². The van der Waals surface area contributed by atoms with Crippen molar-refractivity contribution in [2.75, 3.05) is 18.0 Å². The molecule has 31 heavy (non-hydrogen) atoms. The van der Waals surface area contributed by atoms with Crippen LogP contribution in [0.3, 0.4) is 0 Å². The lowest BCUT2D eigenvalue weighted by molar-refractivity contribution is 0.170. The lowest BCUT2D eigenvalue weighted by atomic mass is 9.95. The molecule has 7 nitrogen and oxygen atoms in total. The van der Waals surface area contributed by atoms with Crippen LogP contribution in [0.5, 0.6) is 0 Å². The van der Waals surface area contributed by atoms with Gasteiger partial charge in [0.1, 0.15) is 18.0 Å². The first-order valence-electron chi connectivity index (χ1n) is 11.1. The molecule has 3 aromatic rings. The number of fused-ring (bicyclic) bond motifs is 3. The Morgan fingerprint density at radius 1 is 1.06 bits per heavy atom. The number of benzene rings is 1. The van der Waals surface area contributed by atoms with E-state index in [0.717, 1.165) is 61.5 Å². The third kappa shape index (κ3) is 3.40. The number of halogens is 1. The Hall–Kier alpha value is -2.51. The SMILES string of the molecule is CC1(N2Cc3cc(Cl)ccc3-n3c(nnc3C3CCN(c4ccncn4)CC3)C2)CC1. The zero-order valence-corrected chi connectivity index (χ0v) is 18.5. The highest BCUT2D eigenvalue weighted by molar-refractivity contribution is 6.30. The molecular formula is C23H26ClN7. The zero-order valence-electron chi connectivity index (χ0n) is 17.7. The standard InChI is InChI=1S/C23H26ClN7/c1-23(7-8-23)30-13-17-12-18(24)2-3-19(17)31-21(14-30)27-28-22(31)16-5-10-29(11-6-16)20-4-9-25-15-26-20/h2-4,9,12,15-16H,5-8,10-11,13-14H2,1H3. The Bertz CT molecular complexity index is 1100. The van der Waals surface area contributed by atoms with E-state index in [-0.39, 0.29) is 5.54 Å². The van der Waals surface area contributed by atoms with E-state index in [0.29, 0.717) is 5.92 Å². The fraction of sp³-hybridized carbons (Fsp3) is 0.478. The molecule has 3 aliphatic rings. The zero-order chi connectivity index (χ0) is 21.0. The maximum Gasteiger partial charge on any atom is 0.151 e. The molecule has 0 bridgehead atoms. The van der Waals surface area contributed by atoms with E-state index in [9.17, 15) is 0 Å². The first-order chi connectivity index (χ1) is 15.1. The van der Waals surface area contributed by atoms with E-state index in [4.69, 9.17) is 16.7 Å². The number of hydrogen-bond donors (Lipinski definition) is 0. The maximum atomic E-state index is 6.40. The summed E-state index contributed by atoms with van der Waals surface area (Å²) >= 11 is 6.40. The highest BCUT2D eigenvalue weighted by atomic mass is 35.5. The van der Waals surface area contributed by atoms with Crippen LogP contribution in [0.15, 0.2) is 36.8 Å². The van der Waals surface area contributed by atoms with Gasteiger partial charge < -0.3 is 4.90 Å². The maximum absolute atomic E-state index is 6.40. The Morgan fingerprint density at radius 3 is 2.65 bits per heavy atom. The Kier molecular flexibility index (Phi) is 4.51. The van der Waals surface area contributed by atoms with Gasteiger partial charge in [0.25, 0.3) is 0 Å². The van der Waals surface area contributed by atoms with Gasteiger partial charge in [0.2, 0.25) is 0 Å². The molecule has 0 unspecified atom stereocenters. The smallest absolute Gasteiger partial charge is 0.151 e. The second-order valence-electron chi connectivity index (χ2n) is 9.26. The molecule has 1 aromatic carbocycles. The lowest BCUT2D eigenvalue weighted by Gasteiger charge is -2.32. The largest absolute Gasteiger partial charge is 0.356 e. The second-order valence-corrected chi connectivity index (χ2v) is 9.70. The molecule has 160 valence electrons. The number of rotatable bonds is 3. The Labute approximate surface area is 187 Å². The summed E-state index contributed by atoms with van der Waals surface area (Å²) in [4.78, 5) is 13.3. The second kappa shape index (κ2) is 7.28. The van der Waals surface area contributed by atoms with E-state index in [1.807, 2.05) is 12.1 Å². The molecule has 8 heteroatoms. The molecule has 2 aliphatic heterocycles. The van der Waals surface area contributed by atoms with Crippen LogP contribution in [-0.2, 0) is 13.1 Å². The minimum absolute atomic E-state index is 0.268. The highest BCUT2D eigenvalue weighted by Gasteiger charge is 2.45. The number of hydrogen-bond acceptors (Lipinski definition) is 6. The average molecular weight is 436 g/mol. The van der Waals surface area contributed by atoms with Gasteiger partial charge in [-0.3, -0.25) is 9.47 Å². The molecule has 1 saturated carbocycles. The van der Waals surface area contributed by atoms with Gasteiger partial charge in [0.15, 0.2) is 5.82 Å². The van der Waals surface area contributed by atoms with Gasteiger partial charge in [0, 0.05) is 42.3 Å². The molecule has 4 heterocycles. The summed E-state index contributed by atoms with van der Waals surface area (Å²) in [6.07, 6.45) is 7.98. The highest BCUT2D eigenvalue weighted by Crippen LogP contribution is 2.44. The summed E-state index contributed by atoms with van der Waals surface area (Å²) in [5.74, 6) is 3.51. The van der Waals surface area contributed by atoms with Gasteiger partial charge in [-0.15, -0.1) is 10.2 Å². The van der Waals surface area contributed by atoms with Crippen LogP contribution >= 0.6 is 11.6 Å². The minimum atomic E-state index is 0.268. The third-order valence-electron chi connectivity index (χ3n) is 7.22. The van der Waals surface area contributed by atoms with Crippen molar-refractivity contribution in [3.63, 3.8) is 0 Å². The van der Waals surface area contributed by atoms with Crippen LogP contribution in [0.1, 0.15) is 55.7 Å². The van der Waals surface area contributed by atoms with Crippen molar-refractivity contribution in [1.29, 1.82) is 0 Å². The summed E-state index contributed by atoms with van der Waals surface area (Å²) in [6, 6.07) is 8.23. The summed E-state index contributed by atoms with van der Waals surface area (Å²) in [5, 5.41) is 10.2. The van der Waals surface area contributed by atoms with Crippen molar-refractivity contribution in [3.05, 3.63) is 59.0 Å². The van der Waals surface area contributed by atoms with Gasteiger partial charge in [-0.2, -0.15) is 0 Å². The van der Waals surface area contributed by atoms with Crippen molar-refractivity contribution in [3.8, 4) is 5.69 Å². The number of piperidine rings is 1. The molecule has 2 fully saturated rings. The molecule has 0 amide bonds. The van der Waals surface area contributed by atoms with E-state index >= 15 is 0 Å². The fourth-order valence-electron chi connectivity index (χ4n) is 5.01. The van der Waals surface area contributed by atoms with Gasteiger partial charge in [-0.05, 0) is 62.4 Å². The minimum Gasteiger partial charge on any atom is -0.356 e. The predicted molar refractivity (Wildman–Crippen MR) is 119 cm³/mol. The normalized spacial score (nSPS) is 20.8. The summed E-state index contributed by atoms with van der Waals surface area (Å²) in [5.41, 5.74) is 2.72. The summed E-state index contributed by atoms with van der Waals surface area (Å²) in [7, 11) is 0. The van der Waals surface area contributed by atoms with Crippen molar-refractivity contribution in [2.45, 2.75) is 57.2 Å². The monoisotopic (exact) mass is 435 g/mol. The van der Waals surface area contributed by atoms with E-state index in [1.54, 1.807) is 12.5 Å². The molecule has 2 aromatic heterocycles. The average Bonchev–Trinajstić information content (AvgIpc) is 3.46. The van der Waals surface area contributed by atoms with Gasteiger partial charge in [0.05, 0.1) is 12.2 Å². The molecule has 6 rings (SSSR count). The molecular weight excluding hydrogens is 410 g/mol. The summed E-state index contributed by atoms with van der Waals surface area (Å²) in [6.45, 7) is 6.01. The lowest BCUT2D eigenvalue weighted by Crippen LogP contribution is -2.34. The first-order valence-corrected chi connectivity index (χ1v) is 11.5. The fourth-order valence-corrected chi connectivity index (χ4v) is 5.20. The number of nitrogens with zero attached hydrogens (tertiary/aromatic N) is 7. The Balaban J connectivity index is 1.33. The van der Waals surface area contributed by atoms with E-state index in [1.165, 1.54) is 24.1 Å². The van der Waals surface area contributed by atoms with Crippen LogP contribution < -0.4 is 4.90 Å². The van der Waals surface area contributed by atoms with Gasteiger partial charge in [-0.25, -0.2) is 9.97 Å². The van der Waals surface area contributed by atoms with Crippen LogP contribution in [0.2, 0.25) is 5.02 Å². The molecule has 1 aliphatic carbocycles. The number of anilines is 1. The van der Waals surface area contributed by atoms with Crippen molar-refractivity contribution in [1.82, 2.24) is 29.6 Å². The predicted octanol–water partition coefficient (Wildman–Crippen LogP) is 3.96. The van der Waals surface area contributed by atoms with Crippen LogP contribution in [0.4, 0.5) is 5.82 Å². The molecule has 1 saturated heterocycles. The summed E-state index contributed by atoms with van der Waals surface area (Å²) < 4.78 is 2.32.